The Morgan fingerprint density at radius 2 is 2.05 bits per heavy atom. The molecular weight excluding hydrogens is 284 g/mol. The van der Waals surface area contributed by atoms with Crippen LogP contribution in [0, 0.1) is 0 Å². The fourth-order valence-corrected chi connectivity index (χ4v) is 2.54. The molecule has 6 heteroatoms. The van der Waals surface area contributed by atoms with E-state index in [2.05, 4.69) is 10.1 Å². The van der Waals surface area contributed by atoms with Gasteiger partial charge in [-0.15, -0.1) is 0 Å². The number of methoxy groups -OCH3 is 1. The SMILES string of the molecule is COC(=O)COc1cccc(CNC(=O)C2(N)CCCC2)c1. The highest BCUT2D eigenvalue weighted by atomic mass is 16.6. The van der Waals surface area contributed by atoms with E-state index in [1.165, 1.54) is 7.11 Å². The van der Waals surface area contributed by atoms with Gasteiger partial charge in [0, 0.05) is 6.54 Å². The number of ether oxygens (including phenoxy) is 2. The first-order chi connectivity index (χ1) is 10.5. The first-order valence-electron chi connectivity index (χ1n) is 7.39. The molecule has 1 aliphatic carbocycles. The minimum absolute atomic E-state index is 0.106. The van der Waals surface area contributed by atoms with Gasteiger partial charge in [-0.05, 0) is 30.5 Å². The van der Waals surface area contributed by atoms with Crippen molar-refractivity contribution in [1.29, 1.82) is 0 Å². The normalized spacial score (nSPS) is 16.1. The summed E-state index contributed by atoms with van der Waals surface area (Å²) in [7, 11) is 1.31. The third-order valence-corrected chi connectivity index (χ3v) is 3.88. The van der Waals surface area contributed by atoms with Gasteiger partial charge < -0.3 is 20.5 Å². The molecule has 1 amide bonds. The minimum Gasteiger partial charge on any atom is -0.482 e. The van der Waals surface area contributed by atoms with Crippen molar-refractivity contribution in [2.75, 3.05) is 13.7 Å². The molecule has 0 spiro atoms. The third kappa shape index (κ3) is 4.21. The predicted octanol–water partition coefficient (Wildman–Crippen LogP) is 1.13. The number of nitrogens with two attached hydrogens (primary N) is 1. The molecule has 0 unspecified atom stereocenters. The molecule has 1 saturated carbocycles. The fraction of sp³-hybridized carbons (Fsp3) is 0.500. The quantitative estimate of drug-likeness (QED) is 0.769. The molecule has 0 heterocycles. The van der Waals surface area contributed by atoms with Gasteiger partial charge in [-0.2, -0.15) is 0 Å². The number of carbonyl (C=O) groups is 2. The van der Waals surface area contributed by atoms with Crippen molar-refractivity contribution in [2.45, 2.75) is 37.8 Å². The molecule has 0 aromatic heterocycles. The van der Waals surface area contributed by atoms with E-state index in [1.54, 1.807) is 12.1 Å². The van der Waals surface area contributed by atoms with Crippen LogP contribution in [0.2, 0.25) is 0 Å². The number of esters is 1. The van der Waals surface area contributed by atoms with E-state index in [0.29, 0.717) is 12.3 Å². The summed E-state index contributed by atoms with van der Waals surface area (Å²) < 4.78 is 9.83. The highest BCUT2D eigenvalue weighted by Gasteiger charge is 2.36. The molecule has 1 aliphatic rings. The van der Waals surface area contributed by atoms with Crippen molar-refractivity contribution in [2.24, 2.45) is 5.73 Å². The molecule has 6 nitrogen and oxygen atoms in total. The standard InChI is InChI=1S/C16H22N2O4/c1-21-14(19)11-22-13-6-4-5-12(9-13)10-18-15(20)16(17)7-2-3-8-16/h4-6,9H,2-3,7-8,10-11,17H2,1H3,(H,18,20). The van der Waals surface area contributed by atoms with Gasteiger partial charge in [0.15, 0.2) is 6.61 Å². The lowest BCUT2D eigenvalue weighted by molar-refractivity contribution is -0.142. The van der Waals surface area contributed by atoms with E-state index in [1.807, 2.05) is 12.1 Å². The first kappa shape index (κ1) is 16.3. The number of hydrogen-bond acceptors (Lipinski definition) is 5. The van der Waals surface area contributed by atoms with Crippen molar-refractivity contribution >= 4 is 11.9 Å². The van der Waals surface area contributed by atoms with Crippen molar-refractivity contribution in [3.05, 3.63) is 29.8 Å². The zero-order valence-electron chi connectivity index (χ0n) is 12.8. The van der Waals surface area contributed by atoms with Crippen molar-refractivity contribution in [3.8, 4) is 5.75 Å². The lowest BCUT2D eigenvalue weighted by atomic mass is 9.98. The second kappa shape index (κ2) is 7.26. The molecule has 2 rings (SSSR count). The van der Waals surface area contributed by atoms with Crippen LogP contribution in [-0.2, 0) is 20.9 Å². The Bertz CT molecular complexity index is 539. The smallest absolute Gasteiger partial charge is 0.343 e. The van der Waals surface area contributed by atoms with Gasteiger partial charge in [-0.3, -0.25) is 4.79 Å². The average Bonchev–Trinajstić information content (AvgIpc) is 2.98. The topological polar surface area (TPSA) is 90.6 Å². The van der Waals surface area contributed by atoms with E-state index in [4.69, 9.17) is 10.5 Å². The molecule has 0 saturated heterocycles. The summed E-state index contributed by atoms with van der Waals surface area (Å²) in [4.78, 5) is 23.2. The van der Waals surface area contributed by atoms with Gasteiger partial charge in [0.1, 0.15) is 5.75 Å². The van der Waals surface area contributed by atoms with Crippen LogP contribution in [0.3, 0.4) is 0 Å². The van der Waals surface area contributed by atoms with Crippen LogP contribution >= 0.6 is 0 Å². The maximum absolute atomic E-state index is 12.2. The number of nitrogens with one attached hydrogen (secondary N) is 1. The van der Waals surface area contributed by atoms with Crippen molar-refractivity contribution < 1.29 is 19.1 Å². The number of hydrogen-bond donors (Lipinski definition) is 2. The predicted molar refractivity (Wildman–Crippen MR) is 81.2 cm³/mol. The molecule has 1 fully saturated rings. The minimum atomic E-state index is -0.723. The van der Waals surface area contributed by atoms with E-state index >= 15 is 0 Å². The molecule has 120 valence electrons. The highest BCUT2D eigenvalue weighted by Crippen LogP contribution is 2.27. The number of amides is 1. The van der Waals surface area contributed by atoms with Gasteiger partial charge in [0.2, 0.25) is 5.91 Å². The maximum Gasteiger partial charge on any atom is 0.343 e. The largest absolute Gasteiger partial charge is 0.482 e. The molecule has 3 N–H and O–H groups in total. The van der Waals surface area contributed by atoms with Crippen LogP contribution in [0.15, 0.2) is 24.3 Å². The van der Waals surface area contributed by atoms with Gasteiger partial charge in [0.05, 0.1) is 12.6 Å². The van der Waals surface area contributed by atoms with E-state index in [0.717, 1.165) is 31.2 Å². The third-order valence-electron chi connectivity index (χ3n) is 3.88. The number of benzene rings is 1. The second-order valence-corrected chi connectivity index (χ2v) is 5.56. The van der Waals surface area contributed by atoms with Crippen molar-refractivity contribution in [1.82, 2.24) is 5.32 Å². The second-order valence-electron chi connectivity index (χ2n) is 5.56. The number of rotatable bonds is 6. The first-order valence-corrected chi connectivity index (χ1v) is 7.39. The Hall–Kier alpha value is -2.08. The highest BCUT2D eigenvalue weighted by molar-refractivity contribution is 5.86. The summed E-state index contributed by atoms with van der Waals surface area (Å²) in [6, 6.07) is 7.21. The summed E-state index contributed by atoms with van der Waals surface area (Å²) >= 11 is 0. The zero-order valence-corrected chi connectivity index (χ0v) is 12.8. The summed E-state index contributed by atoms with van der Waals surface area (Å²) in [5.74, 6) is 0.0105. The monoisotopic (exact) mass is 306 g/mol. The van der Waals surface area contributed by atoms with Crippen molar-refractivity contribution in [3.63, 3.8) is 0 Å². The Labute approximate surface area is 130 Å². The van der Waals surface area contributed by atoms with Crippen LogP contribution < -0.4 is 15.8 Å². The summed E-state index contributed by atoms with van der Waals surface area (Å²) in [5, 5.41) is 2.87. The Balaban J connectivity index is 1.87. The van der Waals surface area contributed by atoms with Crippen LogP contribution in [0.5, 0.6) is 5.75 Å². The molecule has 1 aromatic rings. The summed E-state index contributed by atoms with van der Waals surface area (Å²) in [6.07, 6.45) is 3.48. The van der Waals surface area contributed by atoms with Crippen LogP contribution in [0.4, 0.5) is 0 Å². The van der Waals surface area contributed by atoms with Crippen LogP contribution in [0.25, 0.3) is 0 Å². The lowest BCUT2D eigenvalue weighted by Gasteiger charge is -2.22. The molecule has 22 heavy (non-hydrogen) atoms. The maximum atomic E-state index is 12.2. The Morgan fingerprint density at radius 3 is 2.73 bits per heavy atom. The van der Waals surface area contributed by atoms with E-state index in [-0.39, 0.29) is 12.5 Å². The van der Waals surface area contributed by atoms with Crippen LogP contribution in [-0.4, -0.2) is 31.1 Å². The molecule has 0 bridgehead atoms. The number of carbonyl (C=O) groups excluding carboxylic acids is 2. The Kier molecular flexibility index (Phi) is 5.38. The van der Waals surface area contributed by atoms with Gasteiger partial charge in [-0.25, -0.2) is 4.79 Å². The van der Waals surface area contributed by atoms with Gasteiger partial charge >= 0.3 is 5.97 Å². The molecule has 0 radical (unpaired) electrons. The molecule has 0 atom stereocenters. The fourth-order valence-electron chi connectivity index (χ4n) is 2.54. The lowest BCUT2D eigenvalue weighted by Crippen LogP contribution is -2.51. The summed E-state index contributed by atoms with van der Waals surface area (Å²) in [5.41, 5.74) is 6.27. The average molecular weight is 306 g/mol. The van der Waals surface area contributed by atoms with Gasteiger partial charge in [-0.1, -0.05) is 25.0 Å². The summed E-state index contributed by atoms with van der Waals surface area (Å²) in [6.45, 7) is 0.241. The van der Waals surface area contributed by atoms with Gasteiger partial charge in [0.25, 0.3) is 0 Å². The van der Waals surface area contributed by atoms with E-state index in [9.17, 15) is 9.59 Å². The zero-order chi connectivity index (χ0) is 16.0. The molecule has 1 aromatic carbocycles. The Morgan fingerprint density at radius 1 is 1.32 bits per heavy atom. The molecule has 0 aliphatic heterocycles. The van der Waals surface area contributed by atoms with E-state index < -0.39 is 11.5 Å². The molecular formula is C16H22N2O4. The van der Waals surface area contributed by atoms with Crippen LogP contribution in [0.1, 0.15) is 31.2 Å².